The maximum absolute atomic E-state index is 13.0. The van der Waals surface area contributed by atoms with Crippen LogP contribution in [0.15, 0.2) is 64.6 Å². The molecule has 0 unspecified atom stereocenters. The molecule has 6 nitrogen and oxygen atoms in total. The van der Waals surface area contributed by atoms with Gasteiger partial charge < -0.3 is 10.2 Å². The highest BCUT2D eigenvalue weighted by molar-refractivity contribution is 8.00. The van der Waals surface area contributed by atoms with E-state index in [1.54, 1.807) is 0 Å². The Balaban J connectivity index is 1.35. The Morgan fingerprint density at radius 2 is 1.74 bits per heavy atom. The van der Waals surface area contributed by atoms with Crippen molar-refractivity contribution in [3.8, 4) is 0 Å². The van der Waals surface area contributed by atoms with Crippen LogP contribution in [0, 0.1) is 12.8 Å². The van der Waals surface area contributed by atoms with Crippen LogP contribution in [0.2, 0.25) is 0 Å². The number of likely N-dealkylation sites (tertiary alicyclic amines) is 1. The largest absolute Gasteiger partial charge is 0.356 e. The van der Waals surface area contributed by atoms with E-state index in [-0.39, 0.29) is 11.8 Å². The third-order valence-electron chi connectivity index (χ3n) is 6.63. The molecule has 2 aliphatic heterocycles. The molecule has 180 valence electrons. The van der Waals surface area contributed by atoms with E-state index in [1.807, 2.05) is 61.2 Å². The number of carbonyl (C=O) groups is 1. The predicted molar refractivity (Wildman–Crippen MR) is 137 cm³/mol. The monoisotopic (exact) mass is 479 g/mol. The molecule has 0 saturated carbocycles. The molecular formula is C27H33N3O3S. The fourth-order valence-corrected chi connectivity index (χ4v) is 6.24. The van der Waals surface area contributed by atoms with Crippen LogP contribution in [-0.4, -0.2) is 44.7 Å². The minimum atomic E-state index is -3.73. The van der Waals surface area contributed by atoms with Crippen molar-refractivity contribution in [2.75, 3.05) is 19.6 Å². The smallest absolute Gasteiger partial charge is 0.285 e. The zero-order valence-electron chi connectivity index (χ0n) is 20.0. The number of amides is 1. The van der Waals surface area contributed by atoms with Crippen LogP contribution >= 0.6 is 0 Å². The van der Waals surface area contributed by atoms with Crippen LogP contribution in [0.25, 0.3) is 4.91 Å². The molecule has 2 aromatic carbocycles. The topological polar surface area (TPSA) is 78.8 Å². The van der Waals surface area contributed by atoms with Crippen LogP contribution in [-0.2, 0) is 21.2 Å². The first-order chi connectivity index (χ1) is 16.4. The van der Waals surface area contributed by atoms with Crippen molar-refractivity contribution in [3.05, 3.63) is 76.9 Å². The molecule has 1 N–H and O–H groups in total. The molecule has 0 aromatic heterocycles. The van der Waals surface area contributed by atoms with Gasteiger partial charge in [-0.25, -0.2) is 0 Å². The van der Waals surface area contributed by atoms with Crippen molar-refractivity contribution in [3.63, 3.8) is 0 Å². The molecule has 34 heavy (non-hydrogen) atoms. The highest BCUT2D eigenvalue weighted by Gasteiger charge is 2.36. The fourth-order valence-electron chi connectivity index (χ4n) is 4.71. The number of nitrogens with one attached hydrogen (secondary N) is 1. The second kappa shape index (κ2) is 10.6. The average Bonchev–Trinajstić information content (AvgIpc) is 3.13. The molecule has 0 atom stereocenters. The van der Waals surface area contributed by atoms with E-state index in [1.165, 1.54) is 5.56 Å². The summed E-state index contributed by atoms with van der Waals surface area (Å²) < 4.78 is 30.1. The standard InChI is InChI=1S/C27H33N3O3S/c1-3-24-25(22-13-11-20(2)12-14-22)34(32,33)29-26(24)30-18-15-23(16-19-30)27(31)28-17-7-10-21-8-5-4-6-9-21/h4-6,8-9,11-14,23H,3,7,10,15-19H2,1-2H3,(H,28,31). The van der Waals surface area contributed by atoms with Gasteiger partial charge in [0.15, 0.2) is 0 Å². The summed E-state index contributed by atoms with van der Waals surface area (Å²) in [5, 5.41) is 3.08. The third-order valence-corrected chi connectivity index (χ3v) is 8.04. The van der Waals surface area contributed by atoms with Crippen molar-refractivity contribution in [2.45, 2.75) is 46.0 Å². The van der Waals surface area contributed by atoms with Crippen LogP contribution in [0.5, 0.6) is 0 Å². The summed E-state index contributed by atoms with van der Waals surface area (Å²) in [7, 11) is -3.73. The van der Waals surface area contributed by atoms with Gasteiger partial charge in [0, 0.05) is 31.1 Å². The number of piperidine rings is 1. The highest BCUT2D eigenvalue weighted by Crippen LogP contribution is 2.36. The van der Waals surface area contributed by atoms with E-state index in [2.05, 4.69) is 21.8 Å². The van der Waals surface area contributed by atoms with Crippen LogP contribution in [0.1, 0.15) is 49.3 Å². The summed E-state index contributed by atoms with van der Waals surface area (Å²) >= 11 is 0. The number of nitrogens with zero attached hydrogens (tertiary/aromatic N) is 2. The number of rotatable bonds is 7. The molecule has 1 saturated heterocycles. The summed E-state index contributed by atoms with van der Waals surface area (Å²) in [6.45, 7) is 5.87. The summed E-state index contributed by atoms with van der Waals surface area (Å²) in [6.07, 6.45) is 3.84. The van der Waals surface area contributed by atoms with Crippen molar-refractivity contribution in [1.82, 2.24) is 10.2 Å². The lowest BCUT2D eigenvalue weighted by molar-refractivity contribution is -0.126. The molecular weight excluding hydrogens is 446 g/mol. The number of sulfonamides is 1. The predicted octanol–water partition coefficient (Wildman–Crippen LogP) is 4.32. The second-order valence-corrected chi connectivity index (χ2v) is 10.6. The fraction of sp³-hybridized carbons (Fsp3) is 0.407. The minimum absolute atomic E-state index is 0.0442. The van der Waals surface area contributed by atoms with Crippen molar-refractivity contribution in [1.29, 1.82) is 0 Å². The molecule has 1 fully saturated rings. The van der Waals surface area contributed by atoms with E-state index >= 15 is 0 Å². The minimum Gasteiger partial charge on any atom is -0.356 e. The normalized spacial score (nSPS) is 18.2. The molecule has 0 radical (unpaired) electrons. The molecule has 0 spiro atoms. The van der Waals surface area contributed by atoms with Gasteiger partial charge in [-0.1, -0.05) is 67.1 Å². The first kappa shape index (κ1) is 24.2. The maximum atomic E-state index is 13.0. The number of benzene rings is 2. The van der Waals surface area contributed by atoms with Crippen LogP contribution in [0.4, 0.5) is 0 Å². The van der Waals surface area contributed by atoms with Gasteiger partial charge in [0.05, 0.1) is 0 Å². The molecule has 2 aliphatic rings. The Morgan fingerprint density at radius 1 is 1.06 bits per heavy atom. The van der Waals surface area contributed by atoms with Gasteiger partial charge in [-0.05, 0) is 50.2 Å². The molecule has 2 heterocycles. The second-order valence-electron chi connectivity index (χ2n) is 9.06. The van der Waals surface area contributed by atoms with Gasteiger partial charge in [0.2, 0.25) is 5.91 Å². The Kier molecular flexibility index (Phi) is 7.51. The van der Waals surface area contributed by atoms with Crippen LogP contribution in [0.3, 0.4) is 0 Å². The lowest BCUT2D eigenvalue weighted by Gasteiger charge is -2.33. The van der Waals surface area contributed by atoms with E-state index in [9.17, 15) is 13.2 Å². The SMILES string of the molecule is CCC1=C(c2ccc(C)cc2)S(=O)(=O)N=C1N1CCC(C(=O)NCCCc2ccccc2)CC1. The number of carbonyl (C=O) groups excluding carboxylic acids is 1. The number of hydrogen-bond donors (Lipinski definition) is 1. The van der Waals surface area contributed by atoms with Gasteiger partial charge in [0.25, 0.3) is 10.0 Å². The quantitative estimate of drug-likeness (QED) is 0.600. The third kappa shape index (κ3) is 5.41. The van der Waals surface area contributed by atoms with E-state index in [0.29, 0.717) is 55.2 Å². The van der Waals surface area contributed by atoms with Gasteiger partial charge in [-0.3, -0.25) is 4.79 Å². The van der Waals surface area contributed by atoms with Crippen LogP contribution < -0.4 is 5.32 Å². The van der Waals surface area contributed by atoms with Gasteiger partial charge in [0.1, 0.15) is 10.7 Å². The highest BCUT2D eigenvalue weighted by atomic mass is 32.2. The van der Waals surface area contributed by atoms with E-state index < -0.39 is 10.0 Å². The van der Waals surface area contributed by atoms with E-state index in [4.69, 9.17) is 0 Å². The Bertz CT molecular complexity index is 1180. The van der Waals surface area contributed by atoms with Gasteiger partial charge >= 0.3 is 0 Å². The zero-order valence-corrected chi connectivity index (χ0v) is 20.8. The Labute approximate surface area is 202 Å². The Morgan fingerprint density at radius 3 is 2.38 bits per heavy atom. The molecule has 0 aliphatic carbocycles. The van der Waals surface area contributed by atoms with Crippen molar-refractivity contribution in [2.24, 2.45) is 10.3 Å². The summed E-state index contributed by atoms with van der Waals surface area (Å²) in [5.74, 6) is 0.609. The molecule has 4 rings (SSSR count). The lowest BCUT2D eigenvalue weighted by Crippen LogP contribution is -2.43. The molecule has 2 aromatic rings. The summed E-state index contributed by atoms with van der Waals surface area (Å²) in [4.78, 5) is 15.0. The van der Waals surface area contributed by atoms with Gasteiger partial charge in [-0.15, -0.1) is 4.40 Å². The summed E-state index contributed by atoms with van der Waals surface area (Å²) in [5.41, 5.74) is 3.82. The lowest BCUT2D eigenvalue weighted by atomic mass is 9.94. The zero-order chi connectivity index (χ0) is 24.1. The Hall–Kier alpha value is -2.93. The molecule has 7 heteroatoms. The average molecular weight is 480 g/mol. The number of amidine groups is 1. The van der Waals surface area contributed by atoms with Crippen molar-refractivity contribution >= 4 is 26.7 Å². The molecule has 1 amide bonds. The first-order valence-corrected chi connectivity index (χ1v) is 13.5. The number of aryl methyl sites for hydroxylation is 2. The van der Waals surface area contributed by atoms with E-state index in [0.717, 1.165) is 24.0 Å². The maximum Gasteiger partial charge on any atom is 0.285 e. The summed E-state index contributed by atoms with van der Waals surface area (Å²) in [6, 6.07) is 17.8. The van der Waals surface area contributed by atoms with Crippen molar-refractivity contribution < 1.29 is 13.2 Å². The first-order valence-electron chi connectivity index (χ1n) is 12.1. The number of hydrogen-bond acceptors (Lipinski definition) is 4. The van der Waals surface area contributed by atoms with Gasteiger partial charge in [-0.2, -0.15) is 8.42 Å². The molecule has 0 bridgehead atoms.